The maximum absolute atomic E-state index is 11.9. The molecule has 3 rings (SSSR count). The van der Waals surface area contributed by atoms with E-state index in [9.17, 15) is 4.79 Å². The van der Waals surface area contributed by atoms with E-state index in [0.29, 0.717) is 11.7 Å². The van der Waals surface area contributed by atoms with E-state index in [-0.39, 0.29) is 5.41 Å². The van der Waals surface area contributed by atoms with Gasteiger partial charge < -0.3 is 0 Å². The standard InChI is InChI=1S/C15H14O/c16-14-8-4-7-13-11-15(13,14)10-9-12-5-2-1-3-6-12/h1-3,5-6,13H,4,7-8,11H2. The third kappa shape index (κ3) is 1.46. The molecule has 2 fully saturated rings. The second-order valence-electron chi connectivity index (χ2n) is 4.80. The van der Waals surface area contributed by atoms with Crippen molar-refractivity contribution in [1.29, 1.82) is 0 Å². The predicted molar refractivity (Wildman–Crippen MR) is 62.7 cm³/mol. The summed E-state index contributed by atoms with van der Waals surface area (Å²) in [6, 6.07) is 9.93. The third-order valence-electron chi connectivity index (χ3n) is 3.76. The van der Waals surface area contributed by atoms with Gasteiger partial charge >= 0.3 is 0 Å². The Kier molecular flexibility index (Phi) is 2.11. The van der Waals surface area contributed by atoms with Crippen molar-refractivity contribution in [3.63, 3.8) is 0 Å². The second kappa shape index (κ2) is 3.49. The van der Waals surface area contributed by atoms with Gasteiger partial charge in [0, 0.05) is 12.0 Å². The molecule has 1 aromatic carbocycles. The number of hydrogen-bond donors (Lipinski definition) is 0. The Hall–Kier alpha value is -1.55. The van der Waals surface area contributed by atoms with E-state index in [1.54, 1.807) is 0 Å². The molecular formula is C15H14O. The van der Waals surface area contributed by atoms with Crippen LogP contribution in [0.3, 0.4) is 0 Å². The van der Waals surface area contributed by atoms with Gasteiger partial charge in [0.15, 0.2) is 5.78 Å². The van der Waals surface area contributed by atoms with Gasteiger partial charge in [0.25, 0.3) is 0 Å². The van der Waals surface area contributed by atoms with Crippen molar-refractivity contribution in [3.05, 3.63) is 35.9 Å². The first-order valence-corrected chi connectivity index (χ1v) is 5.93. The molecule has 0 amide bonds. The fraction of sp³-hybridized carbons (Fsp3) is 0.400. The lowest BCUT2D eigenvalue weighted by Crippen LogP contribution is -2.20. The minimum Gasteiger partial charge on any atom is -0.298 e. The molecule has 2 unspecified atom stereocenters. The first-order chi connectivity index (χ1) is 7.81. The molecule has 1 nitrogen and oxygen atoms in total. The van der Waals surface area contributed by atoms with Gasteiger partial charge in [0.1, 0.15) is 0 Å². The van der Waals surface area contributed by atoms with Crippen molar-refractivity contribution < 1.29 is 4.79 Å². The molecule has 2 atom stereocenters. The number of rotatable bonds is 0. The number of fused-ring (bicyclic) bond motifs is 1. The third-order valence-corrected chi connectivity index (χ3v) is 3.76. The number of hydrogen-bond acceptors (Lipinski definition) is 1. The fourth-order valence-corrected chi connectivity index (χ4v) is 2.68. The summed E-state index contributed by atoms with van der Waals surface area (Å²) in [5.74, 6) is 7.34. The Morgan fingerprint density at radius 3 is 2.81 bits per heavy atom. The molecule has 2 saturated carbocycles. The van der Waals surface area contributed by atoms with Crippen molar-refractivity contribution in [2.45, 2.75) is 25.7 Å². The summed E-state index contributed by atoms with van der Waals surface area (Å²) in [6.45, 7) is 0. The number of benzene rings is 1. The van der Waals surface area contributed by atoms with E-state index in [2.05, 4.69) is 11.8 Å². The number of Topliss-reactive ketones (excluding diaryl/α,β-unsaturated/α-hetero) is 1. The summed E-state index contributed by atoms with van der Waals surface area (Å²) in [4.78, 5) is 11.9. The number of carbonyl (C=O) groups is 1. The molecule has 2 aliphatic carbocycles. The van der Waals surface area contributed by atoms with Gasteiger partial charge in [-0.1, -0.05) is 30.0 Å². The lowest BCUT2D eigenvalue weighted by atomic mass is 9.87. The average molecular weight is 210 g/mol. The van der Waals surface area contributed by atoms with Crippen LogP contribution in [0.15, 0.2) is 30.3 Å². The van der Waals surface area contributed by atoms with Crippen molar-refractivity contribution in [2.75, 3.05) is 0 Å². The maximum atomic E-state index is 11.9. The van der Waals surface area contributed by atoms with E-state index >= 15 is 0 Å². The highest BCUT2D eigenvalue weighted by atomic mass is 16.1. The monoisotopic (exact) mass is 210 g/mol. The van der Waals surface area contributed by atoms with Crippen LogP contribution in [0, 0.1) is 23.2 Å². The van der Waals surface area contributed by atoms with Crippen LogP contribution in [0.2, 0.25) is 0 Å². The van der Waals surface area contributed by atoms with Crippen molar-refractivity contribution in [1.82, 2.24) is 0 Å². The highest BCUT2D eigenvalue weighted by molar-refractivity contribution is 5.92. The highest BCUT2D eigenvalue weighted by Gasteiger charge is 2.59. The smallest absolute Gasteiger partial charge is 0.151 e. The van der Waals surface area contributed by atoms with Crippen LogP contribution >= 0.6 is 0 Å². The van der Waals surface area contributed by atoms with Crippen LogP contribution in [-0.4, -0.2) is 5.78 Å². The average Bonchev–Trinajstić information content (AvgIpc) is 3.05. The molecule has 16 heavy (non-hydrogen) atoms. The summed E-state index contributed by atoms with van der Waals surface area (Å²) >= 11 is 0. The summed E-state index contributed by atoms with van der Waals surface area (Å²) in [5, 5.41) is 0. The molecule has 0 spiro atoms. The molecule has 0 heterocycles. The van der Waals surface area contributed by atoms with Crippen LogP contribution < -0.4 is 0 Å². The van der Waals surface area contributed by atoms with Gasteiger partial charge in [-0.2, -0.15) is 0 Å². The van der Waals surface area contributed by atoms with Gasteiger partial charge in [-0.25, -0.2) is 0 Å². The Morgan fingerprint density at radius 2 is 2.06 bits per heavy atom. The molecular weight excluding hydrogens is 196 g/mol. The summed E-state index contributed by atoms with van der Waals surface area (Å²) in [6.07, 6.45) is 4.00. The van der Waals surface area contributed by atoms with Crippen molar-refractivity contribution in [3.8, 4) is 11.8 Å². The van der Waals surface area contributed by atoms with E-state index < -0.39 is 0 Å². The van der Waals surface area contributed by atoms with Gasteiger partial charge in [0.2, 0.25) is 0 Å². The second-order valence-corrected chi connectivity index (χ2v) is 4.80. The highest BCUT2D eigenvalue weighted by Crippen LogP contribution is 2.58. The SMILES string of the molecule is O=C1CCCC2CC12C#Cc1ccccc1. The van der Waals surface area contributed by atoms with Crippen LogP contribution in [-0.2, 0) is 4.79 Å². The largest absolute Gasteiger partial charge is 0.298 e. The maximum Gasteiger partial charge on any atom is 0.151 e. The van der Waals surface area contributed by atoms with Gasteiger partial charge in [0.05, 0.1) is 5.41 Å². The molecule has 0 bridgehead atoms. The molecule has 80 valence electrons. The lowest BCUT2D eigenvalue weighted by molar-refractivity contribution is -0.123. The van der Waals surface area contributed by atoms with Crippen molar-refractivity contribution in [2.24, 2.45) is 11.3 Å². The van der Waals surface area contributed by atoms with E-state index in [4.69, 9.17) is 0 Å². The molecule has 0 saturated heterocycles. The normalized spacial score (nSPS) is 31.2. The minimum atomic E-state index is -0.242. The topological polar surface area (TPSA) is 17.1 Å². The summed E-state index contributed by atoms with van der Waals surface area (Å²) < 4.78 is 0. The van der Waals surface area contributed by atoms with Crippen LogP contribution in [0.4, 0.5) is 0 Å². The van der Waals surface area contributed by atoms with Crippen LogP contribution in [0.25, 0.3) is 0 Å². The Bertz CT molecular complexity index is 477. The van der Waals surface area contributed by atoms with Crippen molar-refractivity contribution >= 4 is 5.78 Å². The number of carbonyl (C=O) groups excluding carboxylic acids is 1. The first kappa shape index (κ1) is 9.66. The van der Waals surface area contributed by atoms with Gasteiger partial charge in [-0.3, -0.25) is 4.79 Å². The predicted octanol–water partition coefficient (Wildman–Crippen LogP) is 2.80. The van der Waals surface area contributed by atoms with E-state index in [0.717, 1.165) is 24.8 Å². The van der Waals surface area contributed by atoms with Gasteiger partial charge in [-0.15, -0.1) is 0 Å². The Labute approximate surface area is 95.9 Å². The molecule has 0 aliphatic heterocycles. The van der Waals surface area contributed by atoms with Crippen LogP contribution in [0.1, 0.15) is 31.2 Å². The molecule has 0 aromatic heterocycles. The summed E-state index contributed by atoms with van der Waals surface area (Å²) in [5.41, 5.74) is 0.773. The summed E-state index contributed by atoms with van der Waals surface area (Å²) in [7, 11) is 0. The zero-order valence-corrected chi connectivity index (χ0v) is 9.20. The van der Waals surface area contributed by atoms with Crippen LogP contribution in [0.5, 0.6) is 0 Å². The molecule has 0 N–H and O–H groups in total. The molecule has 1 aromatic rings. The molecule has 1 heteroatoms. The zero-order valence-electron chi connectivity index (χ0n) is 9.20. The van der Waals surface area contributed by atoms with E-state index in [1.807, 2.05) is 30.3 Å². The lowest BCUT2D eigenvalue weighted by Gasteiger charge is -2.14. The number of ketones is 1. The quantitative estimate of drug-likeness (QED) is 0.602. The first-order valence-electron chi connectivity index (χ1n) is 5.93. The van der Waals surface area contributed by atoms with Gasteiger partial charge in [-0.05, 0) is 37.3 Å². The Morgan fingerprint density at radius 1 is 1.25 bits per heavy atom. The minimum absolute atomic E-state index is 0.242. The molecule has 0 radical (unpaired) electrons. The molecule has 2 aliphatic rings. The fourth-order valence-electron chi connectivity index (χ4n) is 2.68. The van der Waals surface area contributed by atoms with E-state index in [1.165, 1.54) is 6.42 Å². The Balaban J connectivity index is 1.86. The zero-order chi connectivity index (χ0) is 11.0.